The molecule has 7 heteroatoms. The number of nitrogen functional groups attached to an aromatic ring is 1. The third-order valence-electron chi connectivity index (χ3n) is 4.20. The number of rotatable bonds is 4. The molecule has 4 N–H and O–H groups in total. The maximum atomic E-state index is 11.8. The zero-order chi connectivity index (χ0) is 14.2. The molecular weight excluding hydrogens is 246 g/mol. The number of anilines is 2. The largest absolute Gasteiger partial charge is 0.383 e. The number of nitrogens with one attached hydrogen (secondary N) is 2. The van der Waals surface area contributed by atoms with Crippen LogP contribution in [0.4, 0.5) is 11.5 Å². The fourth-order valence-corrected chi connectivity index (χ4v) is 2.43. The first-order chi connectivity index (χ1) is 8.87. The van der Waals surface area contributed by atoms with Crippen molar-refractivity contribution < 1.29 is 0 Å². The van der Waals surface area contributed by atoms with Gasteiger partial charge in [0.15, 0.2) is 0 Å². The lowest BCUT2D eigenvalue weighted by Gasteiger charge is -2.47. The molecule has 0 amide bonds. The Balaban J connectivity index is 2.23. The number of H-pyrrole nitrogens is 1. The summed E-state index contributed by atoms with van der Waals surface area (Å²) in [5.41, 5.74) is 5.20. The molecule has 1 saturated carbocycles. The highest BCUT2D eigenvalue weighted by Crippen LogP contribution is 2.36. The average Bonchev–Trinajstić information content (AvgIpc) is 2.28. The molecule has 1 aromatic rings. The van der Waals surface area contributed by atoms with Gasteiger partial charge in [0.1, 0.15) is 11.5 Å². The second kappa shape index (κ2) is 4.73. The Morgan fingerprint density at radius 2 is 2.05 bits per heavy atom. The molecule has 106 valence electrons. The van der Waals surface area contributed by atoms with Gasteiger partial charge >= 0.3 is 5.69 Å². The number of nitrogens with two attached hydrogens (primary N) is 1. The van der Waals surface area contributed by atoms with Gasteiger partial charge in [-0.25, -0.2) is 4.79 Å². The summed E-state index contributed by atoms with van der Waals surface area (Å²) in [6, 6.07) is 0. The molecule has 0 saturated heterocycles. The van der Waals surface area contributed by atoms with Crippen molar-refractivity contribution in [3.8, 4) is 0 Å². The molecule has 1 aromatic heterocycles. The zero-order valence-corrected chi connectivity index (χ0v) is 11.6. The van der Waals surface area contributed by atoms with Gasteiger partial charge in [0, 0.05) is 19.1 Å². The molecule has 2 rings (SSSR count). The maximum absolute atomic E-state index is 11.8. The number of nitrogens with zero attached hydrogens (tertiary/aromatic N) is 2. The lowest BCUT2D eigenvalue weighted by Crippen LogP contribution is -2.55. The van der Waals surface area contributed by atoms with Crippen LogP contribution in [0.1, 0.15) is 19.3 Å². The van der Waals surface area contributed by atoms with E-state index in [4.69, 9.17) is 5.73 Å². The fraction of sp³-hybridized carbons (Fsp3) is 0.667. The van der Waals surface area contributed by atoms with E-state index in [1.807, 2.05) is 14.1 Å². The molecule has 1 aliphatic carbocycles. The first kappa shape index (κ1) is 13.7. The van der Waals surface area contributed by atoms with Crippen molar-refractivity contribution in [3.05, 3.63) is 20.8 Å². The Bertz CT molecular complexity index is 583. The van der Waals surface area contributed by atoms with Crippen LogP contribution in [0.3, 0.4) is 0 Å². The van der Waals surface area contributed by atoms with Gasteiger partial charge in [0.05, 0.1) is 0 Å². The summed E-state index contributed by atoms with van der Waals surface area (Å²) < 4.78 is 1.23. The number of aromatic nitrogens is 2. The number of hydrogen-bond acceptors (Lipinski definition) is 5. The van der Waals surface area contributed by atoms with E-state index in [1.165, 1.54) is 18.0 Å². The summed E-state index contributed by atoms with van der Waals surface area (Å²) in [6.07, 6.45) is 3.38. The standard InChI is InChI=1S/C12H21N5O2/c1-16(2)12(5-4-6-12)7-14-8-9(13)17(3)11(19)15-10(8)18/h14H,4-7,13H2,1-3H3,(H,15,18,19). The molecule has 0 radical (unpaired) electrons. The van der Waals surface area contributed by atoms with Gasteiger partial charge in [-0.3, -0.25) is 14.3 Å². The monoisotopic (exact) mass is 267 g/mol. The van der Waals surface area contributed by atoms with Crippen LogP contribution in [-0.2, 0) is 7.05 Å². The van der Waals surface area contributed by atoms with E-state index in [-0.39, 0.29) is 17.0 Å². The van der Waals surface area contributed by atoms with Crippen LogP contribution < -0.4 is 22.3 Å². The molecular formula is C12H21N5O2. The van der Waals surface area contributed by atoms with Crippen LogP contribution in [0.5, 0.6) is 0 Å². The predicted molar refractivity (Wildman–Crippen MR) is 75.5 cm³/mol. The van der Waals surface area contributed by atoms with Crippen molar-refractivity contribution in [1.29, 1.82) is 0 Å². The third-order valence-corrected chi connectivity index (χ3v) is 4.20. The van der Waals surface area contributed by atoms with Crippen LogP contribution in [0, 0.1) is 0 Å². The molecule has 0 spiro atoms. The molecule has 1 heterocycles. The highest BCUT2D eigenvalue weighted by Gasteiger charge is 2.39. The van der Waals surface area contributed by atoms with Crippen molar-refractivity contribution in [2.45, 2.75) is 24.8 Å². The minimum absolute atomic E-state index is 0.0770. The van der Waals surface area contributed by atoms with E-state index in [1.54, 1.807) is 0 Å². The highest BCUT2D eigenvalue weighted by molar-refractivity contribution is 5.60. The minimum atomic E-state index is -0.501. The molecule has 0 aromatic carbocycles. The minimum Gasteiger partial charge on any atom is -0.383 e. The van der Waals surface area contributed by atoms with Gasteiger partial charge in [0.2, 0.25) is 0 Å². The maximum Gasteiger partial charge on any atom is 0.329 e. The van der Waals surface area contributed by atoms with E-state index in [0.29, 0.717) is 6.54 Å². The molecule has 1 aliphatic rings. The summed E-state index contributed by atoms with van der Waals surface area (Å²) in [4.78, 5) is 27.6. The van der Waals surface area contributed by atoms with Gasteiger partial charge < -0.3 is 16.0 Å². The Morgan fingerprint density at radius 1 is 1.42 bits per heavy atom. The van der Waals surface area contributed by atoms with Crippen LogP contribution in [0.15, 0.2) is 9.59 Å². The quantitative estimate of drug-likeness (QED) is 0.687. The summed E-state index contributed by atoms with van der Waals surface area (Å²) in [7, 11) is 5.61. The summed E-state index contributed by atoms with van der Waals surface area (Å²) >= 11 is 0. The van der Waals surface area contributed by atoms with Crippen LogP contribution >= 0.6 is 0 Å². The average molecular weight is 267 g/mol. The second-order valence-corrected chi connectivity index (χ2v) is 5.40. The Hall–Kier alpha value is -1.76. The molecule has 7 nitrogen and oxygen atoms in total. The van der Waals surface area contributed by atoms with Crippen molar-refractivity contribution in [3.63, 3.8) is 0 Å². The third kappa shape index (κ3) is 2.25. The first-order valence-corrected chi connectivity index (χ1v) is 6.37. The molecule has 0 aliphatic heterocycles. The fourth-order valence-electron chi connectivity index (χ4n) is 2.43. The van der Waals surface area contributed by atoms with Gasteiger partial charge in [-0.05, 0) is 33.4 Å². The van der Waals surface area contributed by atoms with Gasteiger partial charge in [0.25, 0.3) is 5.56 Å². The van der Waals surface area contributed by atoms with Crippen molar-refractivity contribution in [2.75, 3.05) is 31.7 Å². The lowest BCUT2D eigenvalue weighted by molar-refractivity contribution is 0.0739. The van der Waals surface area contributed by atoms with Gasteiger partial charge in [-0.15, -0.1) is 0 Å². The SMILES string of the molecule is CN(C)C1(CNc2c(N)n(C)c(=O)[nH]c2=O)CCC1. The van der Waals surface area contributed by atoms with E-state index in [2.05, 4.69) is 15.2 Å². The topological polar surface area (TPSA) is 96.2 Å². The predicted octanol–water partition coefficient (Wildman–Crippen LogP) is -0.448. The Kier molecular flexibility index (Phi) is 3.40. The van der Waals surface area contributed by atoms with E-state index < -0.39 is 11.2 Å². The summed E-state index contributed by atoms with van der Waals surface area (Å²) in [5, 5.41) is 3.10. The molecule has 1 fully saturated rings. The number of aromatic amines is 1. The first-order valence-electron chi connectivity index (χ1n) is 6.37. The van der Waals surface area contributed by atoms with Crippen LogP contribution in [-0.4, -0.2) is 40.6 Å². The van der Waals surface area contributed by atoms with E-state index in [9.17, 15) is 9.59 Å². The van der Waals surface area contributed by atoms with Crippen LogP contribution in [0.25, 0.3) is 0 Å². The number of likely N-dealkylation sites (N-methyl/N-ethyl adjacent to an activating group) is 1. The highest BCUT2D eigenvalue weighted by atomic mass is 16.2. The molecule has 0 bridgehead atoms. The van der Waals surface area contributed by atoms with Crippen molar-refractivity contribution in [1.82, 2.24) is 14.5 Å². The lowest BCUT2D eigenvalue weighted by atomic mass is 9.75. The normalized spacial score (nSPS) is 17.3. The molecule has 0 unspecified atom stereocenters. The smallest absolute Gasteiger partial charge is 0.329 e. The van der Waals surface area contributed by atoms with E-state index in [0.717, 1.165) is 12.8 Å². The number of hydrogen-bond donors (Lipinski definition) is 3. The summed E-state index contributed by atoms with van der Waals surface area (Å²) in [6.45, 7) is 0.644. The summed E-state index contributed by atoms with van der Waals surface area (Å²) in [5.74, 6) is 0.168. The molecule has 19 heavy (non-hydrogen) atoms. The van der Waals surface area contributed by atoms with Crippen LogP contribution in [0.2, 0.25) is 0 Å². The molecule has 0 atom stereocenters. The van der Waals surface area contributed by atoms with Crippen molar-refractivity contribution in [2.24, 2.45) is 7.05 Å². The Morgan fingerprint density at radius 3 is 2.53 bits per heavy atom. The van der Waals surface area contributed by atoms with Crippen molar-refractivity contribution >= 4 is 11.5 Å². The Labute approximate surface area is 111 Å². The second-order valence-electron chi connectivity index (χ2n) is 5.40. The van der Waals surface area contributed by atoms with E-state index >= 15 is 0 Å². The van der Waals surface area contributed by atoms with Gasteiger partial charge in [-0.2, -0.15) is 0 Å². The zero-order valence-electron chi connectivity index (χ0n) is 11.6. The van der Waals surface area contributed by atoms with Gasteiger partial charge in [-0.1, -0.05) is 0 Å².